The molecular weight excluding hydrogens is 354 g/mol. The van der Waals surface area contributed by atoms with E-state index in [9.17, 15) is 18.5 Å². The Kier molecular flexibility index (Phi) is 6.13. The van der Waals surface area contributed by atoms with E-state index in [2.05, 4.69) is 10.0 Å². The Bertz CT molecular complexity index is 813. The van der Waals surface area contributed by atoms with Gasteiger partial charge in [0.15, 0.2) is 0 Å². The smallest absolute Gasteiger partial charge is 0.293 e. The molecule has 0 saturated carbocycles. The maximum absolute atomic E-state index is 12.0. The van der Waals surface area contributed by atoms with Crippen molar-refractivity contribution in [3.63, 3.8) is 0 Å². The maximum Gasteiger partial charge on any atom is 0.293 e. The van der Waals surface area contributed by atoms with E-state index in [1.54, 1.807) is 24.3 Å². The fourth-order valence-electron chi connectivity index (χ4n) is 2.05. The van der Waals surface area contributed by atoms with Crippen LogP contribution in [-0.2, 0) is 15.8 Å². The lowest BCUT2D eigenvalue weighted by Gasteiger charge is -2.09. The average molecular weight is 370 g/mol. The zero-order chi connectivity index (χ0) is 17.6. The van der Waals surface area contributed by atoms with Crippen molar-refractivity contribution in [2.24, 2.45) is 0 Å². The number of nitro benzene ring substituents is 1. The van der Waals surface area contributed by atoms with Gasteiger partial charge >= 0.3 is 0 Å². The molecule has 128 valence electrons. The number of nitro groups is 1. The second kappa shape index (κ2) is 8.09. The lowest BCUT2D eigenvalue weighted by atomic mass is 10.2. The molecule has 0 heterocycles. The van der Waals surface area contributed by atoms with E-state index in [0.29, 0.717) is 5.56 Å². The number of hydrogen-bond acceptors (Lipinski definition) is 5. The van der Waals surface area contributed by atoms with Crippen LogP contribution in [0, 0.1) is 10.1 Å². The molecule has 0 aliphatic carbocycles. The molecular formula is C15H16ClN3O4S. The van der Waals surface area contributed by atoms with Crippen LogP contribution in [0.3, 0.4) is 0 Å². The van der Waals surface area contributed by atoms with Crippen LogP contribution in [0.5, 0.6) is 0 Å². The van der Waals surface area contributed by atoms with E-state index in [0.717, 1.165) is 0 Å². The third-order valence-electron chi connectivity index (χ3n) is 3.12. The first-order valence-electron chi connectivity index (χ1n) is 7.06. The average Bonchev–Trinajstić information content (AvgIpc) is 2.53. The fourth-order valence-corrected chi connectivity index (χ4v) is 3.37. The number of hydrogen-bond donors (Lipinski definition) is 2. The fraction of sp³-hybridized carbons (Fsp3) is 0.200. The number of anilines is 1. The molecule has 0 aliphatic rings. The molecule has 9 heteroatoms. The van der Waals surface area contributed by atoms with E-state index in [-0.39, 0.29) is 35.2 Å². The Morgan fingerprint density at radius 2 is 1.79 bits per heavy atom. The van der Waals surface area contributed by atoms with Crippen LogP contribution in [-0.4, -0.2) is 26.4 Å². The van der Waals surface area contributed by atoms with Gasteiger partial charge in [0, 0.05) is 24.2 Å². The van der Waals surface area contributed by atoms with E-state index < -0.39 is 14.9 Å². The van der Waals surface area contributed by atoms with Gasteiger partial charge in [0.05, 0.1) is 10.7 Å². The Labute approximate surface area is 144 Å². The van der Waals surface area contributed by atoms with E-state index >= 15 is 0 Å². The Hall–Kier alpha value is -2.16. The normalized spacial score (nSPS) is 11.2. The predicted molar refractivity (Wildman–Crippen MR) is 93.7 cm³/mol. The summed E-state index contributed by atoms with van der Waals surface area (Å²) >= 11 is 5.74. The Balaban J connectivity index is 1.88. The standard InChI is InChI=1S/C15H16ClN3O4S/c16-13-6-7-14(15(10-13)19(20)21)17-8-9-18-24(22,23)11-12-4-2-1-3-5-12/h1-7,10,17-18H,8-9,11H2. The first kappa shape index (κ1) is 18.2. The van der Waals surface area contributed by atoms with Crippen molar-refractivity contribution in [3.05, 3.63) is 69.2 Å². The molecule has 0 aromatic heterocycles. The van der Waals surface area contributed by atoms with Crippen LogP contribution >= 0.6 is 11.6 Å². The molecule has 0 unspecified atom stereocenters. The highest BCUT2D eigenvalue weighted by molar-refractivity contribution is 7.88. The molecule has 2 rings (SSSR count). The highest BCUT2D eigenvalue weighted by atomic mass is 35.5. The number of nitrogens with zero attached hydrogens (tertiary/aromatic N) is 1. The van der Waals surface area contributed by atoms with Crippen LogP contribution < -0.4 is 10.0 Å². The molecule has 0 radical (unpaired) electrons. The van der Waals surface area contributed by atoms with E-state index in [1.165, 1.54) is 18.2 Å². The van der Waals surface area contributed by atoms with Crippen molar-refractivity contribution in [2.75, 3.05) is 18.4 Å². The third kappa shape index (κ3) is 5.48. The first-order chi connectivity index (χ1) is 11.4. The van der Waals surface area contributed by atoms with Crippen LogP contribution in [0.25, 0.3) is 0 Å². The molecule has 0 fully saturated rings. The molecule has 0 spiro atoms. The van der Waals surface area contributed by atoms with Gasteiger partial charge in [0.1, 0.15) is 5.69 Å². The largest absolute Gasteiger partial charge is 0.378 e. The Morgan fingerprint density at radius 3 is 2.46 bits per heavy atom. The molecule has 0 amide bonds. The van der Waals surface area contributed by atoms with Crippen molar-refractivity contribution >= 4 is 33.0 Å². The summed E-state index contributed by atoms with van der Waals surface area (Å²) in [6.45, 7) is 0.311. The summed E-state index contributed by atoms with van der Waals surface area (Å²) in [6.07, 6.45) is 0. The second-order valence-corrected chi connectivity index (χ2v) is 7.23. The minimum absolute atomic E-state index is 0.106. The second-order valence-electron chi connectivity index (χ2n) is 4.98. The number of halogens is 1. The van der Waals surface area contributed by atoms with Gasteiger partial charge in [-0.15, -0.1) is 0 Å². The first-order valence-corrected chi connectivity index (χ1v) is 9.09. The molecule has 0 aliphatic heterocycles. The topological polar surface area (TPSA) is 101 Å². The minimum Gasteiger partial charge on any atom is -0.378 e. The summed E-state index contributed by atoms with van der Waals surface area (Å²) < 4.78 is 26.4. The highest BCUT2D eigenvalue weighted by Gasteiger charge is 2.14. The van der Waals surface area contributed by atoms with E-state index in [1.807, 2.05) is 6.07 Å². The molecule has 7 nitrogen and oxygen atoms in total. The summed E-state index contributed by atoms with van der Waals surface area (Å²) in [5.41, 5.74) is 0.813. The van der Waals surface area contributed by atoms with Gasteiger partial charge in [-0.1, -0.05) is 41.9 Å². The Morgan fingerprint density at radius 1 is 1.08 bits per heavy atom. The lowest BCUT2D eigenvalue weighted by Crippen LogP contribution is -2.30. The molecule has 2 aromatic rings. The maximum atomic E-state index is 12.0. The third-order valence-corrected chi connectivity index (χ3v) is 4.71. The monoisotopic (exact) mass is 369 g/mol. The number of benzene rings is 2. The number of rotatable bonds is 8. The van der Waals surface area contributed by atoms with Gasteiger partial charge in [0.2, 0.25) is 10.0 Å². The lowest BCUT2D eigenvalue weighted by molar-refractivity contribution is -0.383. The molecule has 2 N–H and O–H groups in total. The number of sulfonamides is 1. The van der Waals surface area contributed by atoms with Crippen LogP contribution in [0.1, 0.15) is 5.56 Å². The van der Waals surface area contributed by atoms with Gasteiger partial charge in [-0.3, -0.25) is 10.1 Å². The van der Waals surface area contributed by atoms with Gasteiger partial charge in [-0.05, 0) is 17.7 Å². The van der Waals surface area contributed by atoms with Crippen molar-refractivity contribution in [1.29, 1.82) is 0 Å². The number of nitrogens with one attached hydrogen (secondary N) is 2. The quantitative estimate of drug-likeness (QED) is 0.423. The summed E-state index contributed by atoms with van der Waals surface area (Å²) in [4.78, 5) is 10.4. The summed E-state index contributed by atoms with van der Waals surface area (Å²) in [5, 5.41) is 14.1. The SMILES string of the molecule is O=[N+]([O-])c1cc(Cl)ccc1NCCNS(=O)(=O)Cc1ccccc1. The molecule has 24 heavy (non-hydrogen) atoms. The minimum atomic E-state index is -3.47. The molecule has 2 aromatic carbocycles. The van der Waals surface area contributed by atoms with Crippen molar-refractivity contribution in [1.82, 2.24) is 4.72 Å². The van der Waals surface area contributed by atoms with Gasteiger partial charge in [-0.25, -0.2) is 13.1 Å². The summed E-state index contributed by atoms with van der Waals surface area (Å²) in [7, 11) is -3.47. The van der Waals surface area contributed by atoms with Crippen molar-refractivity contribution in [2.45, 2.75) is 5.75 Å². The molecule has 0 bridgehead atoms. The van der Waals surface area contributed by atoms with Crippen LogP contribution in [0.15, 0.2) is 48.5 Å². The van der Waals surface area contributed by atoms with Crippen LogP contribution in [0.4, 0.5) is 11.4 Å². The van der Waals surface area contributed by atoms with Crippen LogP contribution in [0.2, 0.25) is 5.02 Å². The molecule has 0 atom stereocenters. The predicted octanol–water partition coefficient (Wildman–Crippen LogP) is 2.78. The van der Waals surface area contributed by atoms with Gasteiger partial charge in [-0.2, -0.15) is 0 Å². The summed E-state index contributed by atoms with van der Waals surface area (Å²) in [5.74, 6) is -0.116. The zero-order valence-electron chi connectivity index (χ0n) is 12.6. The van der Waals surface area contributed by atoms with Crippen molar-refractivity contribution < 1.29 is 13.3 Å². The highest BCUT2D eigenvalue weighted by Crippen LogP contribution is 2.27. The van der Waals surface area contributed by atoms with Crippen molar-refractivity contribution in [3.8, 4) is 0 Å². The van der Waals surface area contributed by atoms with E-state index in [4.69, 9.17) is 11.6 Å². The van der Waals surface area contributed by atoms with Gasteiger partial charge < -0.3 is 5.32 Å². The molecule has 0 saturated heterocycles. The van der Waals surface area contributed by atoms with Gasteiger partial charge in [0.25, 0.3) is 5.69 Å². The zero-order valence-corrected chi connectivity index (χ0v) is 14.2. The summed E-state index contributed by atoms with van der Waals surface area (Å²) in [6, 6.07) is 13.1.